The Kier molecular flexibility index (Phi) is 3.38. The summed E-state index contributed by atoms with van der Waals surface area (Å²) >= 11 is 0. The standard InChI is InChI=1S/C11H19NO3/c13-5-4-12(10-1-2-10)7-11(8-14)3-6-15-9-11/h8,10,13H,1-7,9H2. The molecule has 1 saturated heterocycles. The van der Waals surface area contributed by atoms with Crippen molar-refractivity contribution in [3.63, 3.8) is 0 Å². The van der Waals surface area contributed by atoms with Gasteiger partial charge in [-0.05, 0) is 19.3 Å². The molecule has 4 heteroatoms. The minimum absolute atomic E-state index is 0.173. The molecule has 86 valence electrons. The number of hydrogen-bond donors (Lipinski definition) is 1. The molecule has 1 heterocycles. The van der Waals surface area contributed by atoms with Gasteiger partial charge in [0, 0.05) is 25.7 Å². The van der Waals surface area contributed by atoms with Crippen molar-refractivity contribution >= 4 is 6.29 Å². The van der Waals surface area contributed by atoms with E-state index in [9.17, 15) is 4.79 Å². The summed E-state index contributed by atoms with van der Waals surface area (Å²) in [6.07, 6.45) is 4.28. The molecular formula is C11H19NO3. The lowest BCUT2D eigenvalue weighted by molar-refractivity contribution is -0.117. The van der Waals surface area contributed by atoms with E-state index < -0.39 is 0 Å². The Labute approximate surface area is 90.2 Å². The van der Waals surface area contributed by atoms with Gasteiger partial charge in [0.25, 0.3) is 0 Å². The number of aliphatic hydroxyl groups is 1. The summed E-state index contributed by atoms with van der Waals surface area (Å²) in [5.74, 6) is 0. The molecular weight excluding hydrogens is 194 g/mol. The SMILES string of the molecule is O=CC1(CN(CCO)C2CC2)CCOC1. The number of aliphatic hydroxyl groups excluding tert-OH is 1. The molecule has 1 N–H and O–H groups in total. The summed E-state index contributed by atoms with van der Waals surface area (Å²) in [4.78, 5) is 13.4. The van der Waals surface area contributed by atoms with Crippen molar-refractivity contribution in [2.45, 2.75) is 25.3 Å². The summed E-state index contributed by atoms with van der Waals surface area (Å²) in [6, 6.07) is 0.592. The van der Waals surface area contributed by atoms with Crippen molar-refractivity contribution in [3.8, 4) is 0 Å². The maximum absolute atomic E-state index is 11.1. The molecule has 1 atom stereocenters. The molecule has 0 bridgehead atoms. The fourth-order valence-electron chi connectivity index (χ4n) is 2.24. The van der Waals surface area contributed by atoms with Gasteiger partial charge in [-0.1, -0.05) is 0 Å². The van der Waals surface area contributed by atoms with Gasteiger partial charge in [0.2, 0.25) is 0 Å². The van der Waals surface area contributed by atoms with Gasteiger partial charge in [0.05, 0.1) is 18.6 Å². The van der Waals surface area contributed by atoms with Crippen molar-refractivity contribution in [1.82, 2.24) is 4.90 Å². The lowest BCUT2D eigenvalue weighted by Gasteiger charge is -2.29. The summed E-state index contributed by atoms with van der Waals surface area (Å²) in [5, 5.41) is 8.98. The minimum Gasteiger partial charge on any atom is -0.395 e. The van der Waals surface area contributed by atoms with Crippen LogP contribution >= 0.6 is 0 Å². The fourth-order valence-corrected chi connectivity index (χ4v) is 2.24. The molecule has 0 aromatic rings. The van der Waals surface area contributed by atoms with E-state index in [-0.39, 0.29) is 12.0 Å². The molecule has 1 aliphatic heterocycles. The second kappa shape index (κ2) is 4.60. The van der Waals surface area contributed by atoms with Gasteiger partial charge in [0.15, 0.2) is 0 Å². The first-order chi connectivity index (χ1) is 7.29. The number of nitrogens with zero attached hydrogens (tertiary/aromatic N) is 1. The van der Waals surface area contributed by atoms with E-state index in [1.165, 1.54) is 12.8 Å². The smallest absolute Gasteiger partial charge is 0.129 e. The van der Waals surface area contributed by atoms with Crippen LogP contribution < -0.4 is 0 Å². The van der Waals surface area contributed by atoms with E-state index in [1.807, 2.05) is 0 Å². The molecule has 1 aliphatic carbocycles. The second-order valence-electron chi connectivity index (χ2n) is 4.71. The van der Waals surface area contributed by atoms with Crippen molar-refractivity contribution in [3.05, 3.63) is 0 Å². The Morgan fingerprint density at radius 3 is 2.80 bits per heavy atom. The summed E-state index contributed by atoms with van der Waals surface area (Å²) in [6.45, 7) is 2.84. The highest BCUT2D eigenvalue weighted by Gasteiger charge is 2.40. The second-order valence-corrected chi connectivity index (χ2v) is 4.71. The molecule has 0 spiro atoms. The zero-order chi connectivity index (χ0) is 10.7. The van der Waals surface area contributed by atoms with E-state index in [1.54, 1.807) is 0 Å². The minimum atomic E-state index is -0.308. The molecule has 4 nitrogen and oxygen atoms in total. The van der Waals surface area contributed by atoms with Crippen LogP contribution in [0, 0.1) is 5.41 Å². The fraction of sp³-hybridized carbons (Fsp3) is 0.909. The van der Waals surface area contributed by atoms with Gasteiger partial charge in [-0.2, -0.15) is 0 Å². The van der Waals surface area contributed by atoms with Crippen LogP contribution in [0.5, 0.6) is 0 Å². The maximum Gasteiger partial charge on any atom is 0.129 e. The van der Waals surface area contributed by atoms with Gasteiger partial charge >= 0.3 is 0 Å². The first kappa shape index (κ1) is 11.0. The zero-order valence-electron chi connectivity index (χ0n) is 9.02. The van der Waals surface area contributed by atoms with Gasteiger partial charge in [0.1, 0.15) is 6.29 Å². The molecule has 2 fully saturated rings. The quantitative estimate of drug-likeness (QED) is 0.633. The predicted octanol–water partition coefficient (Wildman–Crippen LogP) is 0.0487. The molecule has 0 aromatic heterocycles. The summed E-state index contributed by atoms with van der Waals surface area (Å²) in [5.41, 5.74) is -0.308. The third-order valence-corrected chi connectivity index (χ3v) is 3.35. The normalized spacial score (nSPS) is 31.1. The first-order valence-corrected chi connectivity index (χ1v) is 5.69. The van der Waals surface area contributed by atoms with Crippen LogP contribution in [0.3, 0.4) is 0 Å². The number of ether oxygens (including phenoxy) is 1. The third-order valence-electron chi connectivity index (χ3n) is 3.35. The molecule has 0 amide bonds. The molecule has 1 saturated carbocycles. The molecule has 0 aromatic carbocycles. The van der Waals surface area contributed by atoms with Crippen molar-refractivity contribution in [2.24, 2.45) is 5.41 Å². The van der Waals surface area contributed by atoms with Crippen LogP contribution in [-0.2, 0) is 9.53 Å². The highest BCUT2D eigenvalue weighted by Crippen LogP contribution is 2.33. The number of carbonyl (C=O) groups excluding carboxylic acids is 1. The van der Waals surface area contributed by atoms with Crippen LogP contribution in [0.25, 0.3) is 0 Å². The Hall–Kier alpha value is -0.450. The Morgan fingerprint density at radius 1 is 1.53 bits per heavy atom. The average molecular weight is 213 g/mol. The Morgan fingerprint density at radius 2 is 2.33 bits per heavy atom. The number of hydrogen-bond acceptors (Lipinski definition) is 4. The molecule has 15 heavy (non-hydrogen) atoms. The monoisotopic (exact) mass is 213 g/mol. The van der Waals surface area contributed by atoms with Crippen LogP contribution in [0.15, 0.2) is 0 Å². The van der Waals surface area contributed by atoms with Crippen molar-refractivity contribution in [1.29, 1.82) is 0 Å². The zero-order valence-corrected chi connectivity index (χ0v) is 9.02. The Bertz CT molecular complexity index is 222. The average Bonchev–Trinajstić information content (AvgIpc) is 3.00. The van der Waals surface area contributed by atoms with Gasteiger partial charge in [-0.15, -0.1) is 0 Å². The van der Waals surface area contributed by atoms with E-state index in [4.69, 9.17) is 9.84 Å². The van der Waals surface area contributed by atoms with Gasteiger partial charge < -0.3 is 14.6 Å². The largest absolute Gasteiger partial charge is 0.395 e. The van der Waals surface area contributed by atoms with E-state index in [2.05, 4.69) is 4.90 Å². The van der Waals surface area contributed by atoms with Crippen LogP contribution in [0.1, 0.15) is 19.3 Å². The predicted molar refractivity (Wildman–Crippen MR) is 55.6 cm³/mol. The number of rotatable bonds is 6. The molecule has 2 rings (SSSR count). The van der Waals surface area contributed by atoms with Crippen molar-refractivity contribution < 1.29 is 14.6 Å². The lowest BCUT2D eigenvalue weighted by atomic mass is 9.88. The molecule has 1 unspecified atom stereocenters. The topological polar surface area (TPSA) is 49.8 Å². The first-order valence-electron chi connectivity index (χ1n) is 5.69. The van der Waals surface area contributed by atoms with E-state index >= 15 is 0 Å². The highest BCUT2D eigenvalue weighted by molar-refractivity contribution is 5.60. The van der Waals surface area contributed by atoms with Crippen LogP contribution in [0.4, 0.5) is 0 Å². The van der Waals surface area contributed by atoms with Crippen LogP contribution in [-0.4, -0.2) is 55.2 Å². The maximum atomic E-state index is 11.1. The third kappa shape index (κ3) is 2.56. The number of aldehydes is 1. The summed E-state index contributed by atoms with van der Waals surface area (Å²) < 4.78 is 5.31. The lowest BCUT2D eigenvalue weighted by Crippen LogP contribution is -2.42. The number of carbonyl (C=O) groups is 1. The van der Waals surface area contributed by atoms with Crippen molar-refractivity contribution in [2.75, 3.05) is 32.9 Å². The molecule has 0 radical (unpaired) electrons. The van der Waals surface area contributed by atoms with E-state index in [0.717, 1.165) is 19.3 Å². The van der Waals surface area contributed by atoms with Gasteiger partial charge in [-0.25, -0.2) is 0 Å². The van der Waals surface area contributed by atoms with E-state index in [0.29, 0.717) is 25.8 Å². The molecule has 2 aliphatic rings. The van der Waals surface area contributed by atoms with Crippen LogP contribution in [0.2, 0.25) is 0 Å². The summed E-state index contributed by atoms with van der Waals surface area (Å²) in [7, 11) is 0. The van der Waals surface area contributed by atoms with Gasteiger partial charge in [-0.3, -0.25) is 4.90 Å². The highest BCUT2D eigenvalue weighted by atomic mass is 16.5. The Balaban J connectivity index is 1.93.